The molecule has 1 aromatic carbocycles. The van der Waals surface area contributed by atoms with E-state index < -0.39 is 0 Å². The number of rotatable bonds is 2. The van der Waals surface area contributed by atoms with Crippen molar-refractivity contribution in [3.05, 3.63) is 46.3 Å². The summed E-state index contributed by atoms with van der Waals surface area (Å²) >= 11 is 0. The number of fused-ring (bicyclic) bond motifs is 1. The molecule has 0 fully saturated rings. The van der Waals surface area contributed by atoms with E-state index in [1.165, 1.54) is 22.4 Å². The minimum absolute atomic E-state index is 0.856. The maximum Gasteiger partial charge on any atom is 0.0641 e. The summed E-state index contributed by atoms with van der Waals surface area (Å²) in [6.45, 7) is 7.16. The normalized spacial score (nSPS) is 14.9. The lowest BCUT2D eigenvalue weighted by Crippen LogP contribution is -2.16. The lowest BCUT2D eigenvalue weighted by Gasteiger charge is -2.15. The first-order valence-electron chi connectivity index (χ1n) is 6.63. The molecule has 0 saturated heterocycles. The van der Waals surface area contributed by atoms with Crippen LogP contribution in [0.5, 0.6) is 0 Å². The Balaban J connectivity index is 1.80. The zero-order valence-electron chi connectivity index (χ0n) is 11.8. The van der Waals surface area contributed by atoms with Crippen molar-refractivity contribution in [1.29, 1.82) is 0 Å². The van der Waals surface area contributed by atoms with Crippen molar-refractivity contribution < 1.29 is 0 Å². The van der Waals surface area contributed by atoms with Gasteiger partial charge in [-0.05, 0) is 37.1 Å². The smallest absolute Gasteiger partial charge is 0.0641 e. The van der Waals surface area contributed by atoms with Crippen molar-refractivity contribution in [3.8, 4) is 0 Å². The van der Waals surface area contributed by atoms with Crippen LogP contribution in [0.25, 0.3) is 0 Å². The summed E-state index contributed by atoms with van der Waals surface area (Å²) in [5, 5.41) is 4.49. The fourth-order valence-electron chi connectivity index (χ4n) is 2.87. The first-order valence-corrected chi connectivity index (χ1v) is 6.63. The number of aromatic nitrogens is 2. The molecule has 1 aliphatic heterocycles. The average molecular weight is 256 g/mol. The van der Waals surface area contributed by atoms with Gasteiger partial charge in [0.25, 0.3) is 0 Å². The summed E-state index contributed by atoms with van der Waals surface area (Å²) in [7, 11) is 2.01. The van der Waals surface area contributed by atoms with E-state index in [1.807, 2.05) is 17.8 Å². The lowest BCUT2D eigenvalue weighted by atomic mass is 10.1. The SMILES string of the molecule is Cc1nn(C)c(C)c1CN1Cc2ccc(N)cc2C1. The molecule has 100 valence electrons. The van der Waals surface area contributed by atoms with Gasteiger partial charge in [0.1, 0.15) is 0 Å². The van der Waals surface area contributed by atoms with Crippen molar-refractivity contribution >= 4 is 5.69 Å². The molecule has 19 heavy (non-hydrogen) atoms. The molecule has 2 heterocycles. The number of hydrogen-bond acceptors (Lipinski definition) is 3. The van der Waals surface area contributed by atoms with Gasteiger partial charge in [-0.15, -0.1) is 0 Å². The van der Waals surface area contributed by atoms with E-state index in [0.717, 1.165) is 31.0 Å². The van der Waals surface area contributed by atoms with Gasteiger partial charge in [0, 0.05) is 43.6 Å². The van der Waals surface area contributed by atoms with Crippen molar-refractivity contribution in [2.45, 2.75) is 33.5 Å². The molecular formula is C15H20N4. The van der Waals surface area contributed by atoms with Gasteiger partial charge >= 0.3 is 0 Å². The summed E-state index contributed by atoms with van der Waals surface area (Å²) in [4.78, 5) is 2.45. The van der Waals surface area contributed by atoms with Crippen molar-refractivity contribution in [1.82, 2.24) is 14.7 Å². The van der Waals surface area contributed by atoms with Crippen LogP contribution in [0.15, 0.2) is 18.2 Å². The lowest BCUT2D eigenvalue weighted by molar-refractivity contribution is 0.274. The number of anilines is 1. The van der Waals surface area contributed by atoms with E-state index in [9.17, 15) is 0 Å². The van der Waals surface area contributed by atoms with E-state index in [2.05, 4.69) is 36.0 Å². The van der Waals surface area contributed by atoms with Gasteiger partial charge in [0.05, 0.1) is 5.69 Å². The molecule has 4 heteroatoms. The second kappa shape index (κ2) is 4.38. The molecular weight excluding hydrogens is 236 g/mol. The van der Waals surface area contributed by atoms with Crippen LogP contribution in [0.3, 0.4) is 0 Å². The Bertz CT molecular complexity index is 627. The van der Waals surface area contributed by atoms with E-state index in [0.29, 0.717) is 0 Å². The number of benzene rings is 1. The maximum atomic E-state index is 5.85. The fourth-order valence-corrected chi connectivity index (χ4v) is 2.87. The molecule has 0 unspecified atom stereocenters. The topological polar surface area (TPSA) is 47.1 Å². The second-order valence-corrected chi connectivity index (χ2v) is 5.45. The molecule has 1 aromatic heterocycles. The summed E-state index contributed by atoms with van der Waals surface area (Å²) in [6.07, 6.45) is 0. The minimum Gasteiger partial charge on any atom is -0.399 e. The van der Waals surface area contributed by atoms with Gasteiger partial charge in [0.15, 0.2) is 0 Å². The van der Waals surface area contributed by atoms with Crippen molar-refractivity contribution in [2.75, 3.05) is 5.73 Å². The van der Waals surface area contributed by atoms with Gasteiger partial charge in [-0.25, -0.2) is 0 Å². The van der Waals surface area contributed by atoms with Gasteiger partial charge in [0.2, 0.25) is 0 Å². The van der Waals surface area contributed by atoms with Gasteiger partial charge in [-0.3, -0.25) is 9.58 Å². The van der Waals surface area contributed by atoms with Crippen LogP contribution < -0.4 is 5.73 Å². The number of aryl methyl sites for hydroxylation is 2. The first-order chi connectivity index (χ1) is 9.04. The average Bonchev–Trinajstić information content (AvgIpc) is 2.85. The van der Waals surface area contributed by atoms with Gasteiger partial charge < -0.3 is 5.73 Å². The third-order valence-electron chi connectivity index (χ3n) is 4.06. The Labute approximate surface area is 113 Å². The first kappa shape index (κ1) is 12.2. The maximum absolute atomic E-state index is 5.85. The quantitative estimate of drug-likeness (QED) is 0.837. The van der Waals surface area contributed by atoms with Crippen LogP contribution in [0, 0.1) is 13.8 Å². The Morgan fingerprint density at radius 3 is 2.63 bits per heavy atom. The summed E-state index contributed by atoms with van der Waals surface area (Å²) in [6, 6.07) is 6.23. The van der Waals surface area contributed by atoms with Crippen LogP contribution in [0.1, 0.15) is 28.1 Å². The molecule has 0 saturated carbocycles. The Morgan fingerprint density at radius 1 is 1.21 bits per heavy atom. The van der Waals surface area contributed by atoms with Crippen LogP contribution >= 0.6 is 0 Å². The number of hydrogen-bond donors (Lipinski definition) is 1. The number of nitrogen functional groups attached to an aromatic ring is 1. The molecule has 2 aromatic rings. The fraction of sp³-hybridized carbons (Fsp3) is 0.400. The summed E-state index contributed by atoms with van der Waals surface area (Å²) in [5.74, 6) is 0. The number of nitrogens with two attached hydrogens (primary N) is 1. The van der Waals surface area contributed by atoms with Crippen LogP contribution in [-0.2, 0) is 26.7 Å². The summed E-state index contributed by atoms with van der Waals surface area (Å²) in [5.41, 5.74) is 13.2. The molecule has 0 spiro atoms. The second-order valence-electron chi connectivity index (χ2n) is 5.45. The summed E-state index contributed by atoms with van der Waals surface area (Å²) < 4.78 is 1.96. The molecule has 1 aliphatic rings. The predicted octanol–water partition coefficient (Wildman–Crippen LogP) is 2.13. The highest BCUT2D eigenvalue weighted by atomic mass is 15.3. The predicted molar refractivity (Wildman–Crippen MR) is 76.5 cm³/mol. The molecule has 3 rings (SSSR count). The van der Waals surface area contributed by atoms with Crippen LogP contribution in [0.4, 0.5) is 5.69 Å². The molecule has 0 aliphatic carbocycles. The van der Waals surface area contributed by atoms with E-state index in [1.54, 1.807) is 0 Å². The third-order valence-corrected chi connectivity index (χ3v) is 4.06. The zero-order chi connectivity index (χ0) is 13.6. The highest BCUT2D eigenvalue weighted by Gasteiger charge is 2.21. The van der Waals surface area contributed by atoms with E-state index >= 15 is 0 Å². The van der Waals surface area contributed by atoms with E-state index in [-0.39, 0.29) is 0 Å². The Hall–Kier alpha value is -1.81. The molecule has 2 N–H and O–H groups in total. The molecule has 4 nitrogen and oxygen atoms in total. The standard InChI is InChI=1S/C15H20N4/c1-10-15(11(2)18(3)17-10)9-19-7-12-4-5-14(16)6-13(12)8-19/h4-6H,7-9,16H2,1-3H3. The molecule has 0 atom stereocenters. The highest BCUT2D eigenvalue weighted by molar-refractivity contribution is 5.46. The highest BCUT2D eigenvalue weighted by Crippen LogP contribution is 2.27. The Morgan fingerprint density at radius 2 is 1.95 bits per heavy atom. The van der Waals surface area contributed by atoms with Crippen molar-refractivity contribution in [3.63, 3.8) is 0 Å². The monoisotopic (exact) mass is 256 g/mol. The molecule has 0 amide bonds. The molecule has 0 radical (unpaired) electrons. The number of nitrogens with zero attached hydrogens (tertiary/aromatic N) is 3. The van der Waals surface area contributed by atoms with E-state index in [4.69, 9.17) is 5.73 Å². The van der Waals surface area contributed by atoms with Crippen LogP contribution in [0.2, 0.25) is 0 Å². The van der Waals surface area contributed by atoms with Crippen LogP contribution in [-0.4, -0.2) is 14.7 Å². The Kier molecular flexibility index (Phi) is 2.82. The van der Waals surface area contributed by atoms with Crippen molar-refractivity contribution in [2.24, 2.45) is 7.05 Å². The largest absolute Gasteiger partial charge is 0.399 e. The molecule has 0 bridgehead atoms. The zero-order valence-corrected chi connectivity index (χ0v) is 11.8. The third kappa shape index (κ3) is 2.12. The van der Waals surface area contributed by atoms with Gasteiger partial charge in [-0.1, -0.05) is 6.07 Å². The minimum atomic E-state index is 0.856. The van der Waals surface area contributed by atoms with Gasteiger partial charge in [-0.2, -0.15) is 5.10 Å².